The van der Waals surface area contributed by atoms with E-state index in [4.69, 9.17) is 11.6 Å². The average Bonchev–Trinajstić information content (AvgIpc) is 2.29. The lowest BCUT2D eigenvalue weighted by molar-refractivity contribution is 0.103. The number of halogens is 2. The first-order valence-corrected chi connectivity index (χ1v) is 5.90. The number of hydrogen-bond acceptors (Lipinski definition) is 1. The molecule has 2 aromatic carbocycles. The van der Waals surface area contributed by atoms with Crippen molar-refractivity contribution in [2.75, 3.05) is 0 Å². The van der Waals surface area contributed by atoms with Crippen LogP contribution in [0.3, 0.4) is 0 Å². The molecular formula is C13H8BrClO. The molecule has 2 aromatic rings. The third kappa shape index (κ3) is 2.52. The molecule has 0 aromatic heterocycles. The minimum absolute atomic E-state index is 0.0185. The molecule has 0 N–H and O–H groups in total. The Morgan fingerprint density at radius 2 is 1.69 bits per heavy atom. The SMILES string of the molecule is O=C(c1ccc(Br)cc1)c1cccc(Cl)c1. The first kappa shape index (κ1) is 11.4. The van der Waals surface area contributed by atoms with Crippen LogP contribution in [0.2, 0.25) is 5.02 Å². The van der Waals surface area contributed by atoms with Crippen molar-refractivity contribution < 1.29 is 4.79 Å². The fraction of sp³-hybridized carbons (Fsp3) is 0. The summed E-state index contributed by atoms with van der Waals surface area (Å²) < 4.78 is 0.954. The summed E-state index contributed by atoms with van der Waals surface area (Å²) in [5.74, 6) is -0.0185. The number of hydrogen-bond donors (Lipinski definition) is 0. The Labute approximate surface area is 107 Å². The lowest BCUT2D eigenvalue weighted by atomic mass is 10.0. The second-order valence-corrected chi connectivity index (χ2v) is 4.70. The molecule has 0 fully saturated rings. The molecule has 80 valence electrons. The molecule has 0 radical (unpaired) electrons. The smallest absolute Gasteiger partial charge is 0.193 e. The summed E-state index contributed by atoms with van der Waals surface area (Å²) in [7, 11) is 0. The lowest BCUT2D eigenvalue weighted by Crippen LogP contribution is -2.00. The van der Waals surface area contributed by atoms with Crippen LogP contribution in [0.4, 0.5) is 0 Å². The van der Waals surface area contributed by atoms with Crippen LogP contribution in [0.1, 0.15) is 15.9 Å². The van der Waals surface area contributed by atoms with Crippen LogP contribution in [0.5, 0.6) is 0 Å². The molecule has 0 saturated heterocycles. The zero-order chi connectivity index (χ0) is 11.5. The first-order chi connectivity index (χ1) is 7.66. The Morgan fingerprint density at radius 1 is 1.00 bits per heavy atom. The van der Waals surface area contributed by atoms with Gasteiger partial charge in [-0.3, -0.25) is 4.79 Å². The normalized spacial score (nSPS) is 10.1. The molecule has 0 atom stereocenters. The van der Waals surface area contributed by atoms with Crippen LogP contribution >= 0.6 is 27.5 Å². The molecule has 0 aliphatic carbocycles. The molecule has 3 heteroatoms. The van der Waals surface area contributed by atoms with Gasteiger partial charge in [-0.2, -0.15) is 0 Å². The van der Waals surface area contributed by atoms with Crippen molar-refractivity contribution in [3.8, 4) is 0 Å². The standard InChI is InChI=1S/C13H8BrClO/c14-11-6-4-9(5-7-11)13(16)10-2-1-3-12(15)8-10/h1-8H. The van der Waals surface area contributed by atoms with E-state index >= 15 is 0 Å². The van der Waals surface area contributed by atoms with Crippen molar-refractivity contribution in [2.45, 2.75) is 0 Å². The molecule has 0 heterocycles. The first-order valence-electron chi connectivity index (χ1n) is 4.72. The Morgan fingerprint density at radius 3 is 2.31 bits per heavy atom. The maximum absolute atomic E-state index is 12.0. The minimum Gasteiger partial charge on any atom is -0.289 e. The highest BCUT2D eigenvalue weighted by Gasteiger charge is 2.08. The van der Waals surface area contributed by atoms with E-state index < -0.39 is 0 Å². The van der Waals surface area contributed by atoms with Gasteiger partial charge < -0.3 is 0 Å². The molecule has 0 unspecified atom stereocenters. The quantitative estimate of drug-likeness (QED) is 0.754. The van der Waals surface area contributed by atoms with Gasteiger partial charge in [0.2, 0.25) is 0 Å². The van der Waals surface area contributed by atoms with Gasteiger partial charge in [0.25, 0.3) is 0 Å². The summed E-state index contributed by atoms with van der Waals surface area (Å²) in [5, 5.41) is 0.572. The van der Waals surface area contributed by atoms with E-state index in [-0.39, 0.29) is 5.78 Å². The summed E-state index contributed by atoms with van der Waals surface area (Å²) in [6.45, 7) is 0. The summed E-state index contributed by atoms with van der Waals surface area (Å²) in [4.78, 5) is 12.0. The Hall–Kier alpha value is -1.12. The Kier molecular flexibility index (Phi) is 3.42. The van der Waals surface area contributed by atoms with Gasteiger partial charge in [0.05, 0.1) is 0 Å². The van der Waals surface area contributed by atoms with Crippen LogP contribution in [0.15, 0.2) is 53.0 Å². The Balaban J connectivity index is 2.35. The van der Waals surface area contributed by atoms with E-state index in [0.29, 0.717) is 16.1 Å². The summed E-state index contributed by atoms with van der Waals surface area (Å²) in [6, 6.07) is 14.2. The number of carbonyl (C=O) groups excluding carboxylic acids is 1. The molecule has 0 bridgehead atoms. The lowest BCUT2D eigenvalue weighted by Gasteiger charge is -2.01. The molecule has 1 nitrogen and oxygen atoms in total. The summed E-state index contributed by atoms with van der Waals surface area (Å²) >= 11 is 9.17. The molecule has 2 rings (SSSR count). The van der Waals surface area contributed by atoms with Crippen molar-refractivity contribution in [2.24, 2.45) is 0 Å². The molecule has 0 aliphatic rings. The molecular weight excluding hydrogens is 287 g/mol. The van der Waals surface area contributed by atoms with Crippen LogP contribution in [0.25, 0.3) is 0 Å². The van der Waals surface area contributed by atoms with Gasteiger partial charge in [-0.05, 0) is 36.4 Å². The van der Waals surface area contributed by atoms with Gasteiger partial charge in [0.15, 0.2) is 5.78 Å². The van der Waals surface area contributed by atoms with E-state index in [1.165, 1.54) is 0 Å². The highest BCUT2D eigenvalue weighted by molar-refractivity contribution is 9.10. The predicted molar refractivity (Wildman–Crippen MR) is 69.0 cm³/mol. The average molecular weight is 296 g/mol. The van der Waals surface area contributed by atoms with Gasteiger partial charge in [-0.1, -0.05) is 39.7 Å². The van der Waals surface area contributed by atoms with Gasteiger partial charge in [0.1, 0.15) is 0 Å². The minimum atomic E-state index is -0.0185. The van der Waals surface area contributed by atoms with Gasteiger partial charge in [-0.25, -0.2) is 0 Å². The van der Waals surface area contributed by atoms with Crippen molar-refractivity contribution in [3.63, 3.8) is 0 Å². The highest BCUT2D eigenvalue weighted by Crippen LogP contribution is 2.16. The monoisotopic (exact) mass is 294 g/mol. The number of rotatable bonds is 2. The second-order valence-electron chi connectivity index (χ2n) is 3.35. The molecule has 0 saturated carbocycles. The third-order valence-electron chi connectivity index (χ3n) is 2.19. The van der Waals surface area contributed by atoms with Gasteiger partial charge >= 0.3 is 0 Å². The molecule has 0 spiro atoms. The van der Waals surface area contributed by atoms with E-state index in [1.807, 2.05) is 12.1 Å². The molecule has 0 amide bonds. The summed E-state index contributed by atoms with van der Waals surface area (Å²) in [5.41, 5.74) is 1.26. The molecule has 0 aliphatic heterocycles. The largest absolute Gasteiger partial charge is 0.289 e. The fourth-order valence-corrected chi connectivity index (χ4v) is 1.85. The van der Waals surface area contributed by atoms with E-state index in [9.17, 15) is 4.79 Å². The van der Waals surface area contributed by atoms with Crippen LogP contribution in [-0.2, 0) is 0 Å². The van der Waals surface area contributed by atoms with Crippen molar-refractivity contribution in [3.05, 3.63) is 69.2 Å². The second kappa shape index (κ2) is 4.81. The number of ketones is 1. The van der Waals surface area contributed by atoms with Crippen LogP contribution in [0, 0.1) is 0 Å². The maximum Gasteiger partial charge on any atom is 0.193 e. The zero-order valence-corrected chi connectivity index (χ0v) is 10.6. The maximum atomic E-state index is 12.0. The fourth-order valence-electron chi connectivity index (χ4n) is 1.40. The van der Waals surface area contributed by atoms with E-state index in [2.05, 4.69) is 15.9 Å². The topological polar surface area (TPSA) is 17.1 Å². The third-order valence-corrected chi connectivity index (χ3v) is 2.96. The molecule has 16 heavy (non-hydrogen) atoms. The van der Waals surface area contributed by atoms with Crippen molar-refractivity contribution in [1.82, 2.24) is 0 Å². The van der Waals surface area contributed by atoms with Crippen LogP contribution < -0.4 is 0 Å². The van der Waals surface area contributed by atoms with Crippen molar-refractivity contribution in [1.29, 1.82) is 0 Å². The summed E-state index contributed by atoms with van der Waals surface area (Å²) in [6.07, 6.45) is 0. The van der Waals surface area contributed by atoms with E-state index in [1.54, 1.807) is 36.4 Å². The predicted octanol–water partition coefficient (Wildman–Crippen LogP) is 4.33. The number of benzene rings is 2. The van der Waals surface area contributed by atoms with Crippen LogP contribution in [-0.4, -0.2) is 5.78 Å². The van der Waals surface area contributed by atoms with Gasteiger partial charge in [-0.15, -0.1) is 0 Å². The number of carbonyl (C=O) groups is 1. The van der Waals surface area contributed by atoms with Gasteiger partial charge in [0, 0.05) is 20.6 Å². The zero-order valence-electron chi connectivity index (χ0n) is 8.28. The Bertz CT molecular complexity index is 520. The van der Waals surface area contributed by atoms with Crippen molar-refractivity contribution >= 4 is 33.3 Å². The van der Waals surface area contributed by atoms with E-state index in [0.717, 1.165) is 4.47 Å². The highest BCUT2D eigenvalue weighted by atomic mass is 79.9.